The van der Waals surface area contributed by atoms with Gasteiger partial charge in [0, 0.05) is 34.4 Å². The highest BCUT2D eigenvalue weighted by molar-refractivity contribution is 5.98. The first kappa shape index (κ1) is 36.0. The Labute approximate surface area is 362 Å². The van der Waals surface area contributed by atoms with Gasteiger partial charge in [-0.05, 0) is 132 Å². The number of fused-ring (bicyclic) bond motifs is 6. The molecule has 2 nitrogen and oxygen atoms in total. The van der Waals surface area contributed by atoms with E-state index in [0.29, 0.717) is 0 Å². The molecule has 0 amide bonds. The highest BCUT2D eigenvalue weighted by atomic mass is 15.2. The van der Waals surface area contributed by atoms with Crippen LogP contribution in [0.3, 0.4) is 0 Å². The molecule has 2 unspecified atom stereocenters. The molecule has 292 valence electrons. The summed E-state index contributed by atoms with van der Waals surface area (Å²) in [5.74, 6) is 0.282. The van der Waals surface area contributed by atoms with Crippen LogP contribution in [-0.4, -0.2) is 6.04 Å². The summed E-state index contributed by atoms with van der Waals surface area (Å²) in [4.78, 5) is 4.89. The van der Waals surface area contributed by atoms with Crippen molar-refractivity contribution in [1.82, 2.24) is 0 Å². The van der Waals surface area contributed by atoms with Crippen LogP contribution >= 0.6 is 0 Å². The van der Waals surface area contributed by atoms with Gasteiger partial charge in [-0.25, -0.2) is 0 Å². The van der Waals surface area contributed by atoms with E-state index in [-0.39, 0.29) is 12.0 Å². The third kappa shape index (κ3) is 6.19. The Bertz CT molecular complexity index is 3220. The van der Waals surface area contributed by atoms with Crippen LogP contribution in [0.2, 0.25) is 0 Å². The molecule has 0 saturated carbocycles. The van der Waals surface area contributed by atoms with E-state index >= 15 is 0 Å². The van der Waals surface area contributed by atoms with Crippen molar-refractivity contribution in [2.24, 2.45) is 0 Å². The molecular weight excluding hydrogens is 749 g/mol. The predicted octanol–water partition coefficient (Wildman–Crippen LogP) is 16.3. The average molecular weight is 791 g/mol. The van der Waals surface area contributed by atoms with E-state index in [1.165, 1.54) is 82.6 Å². The van der Waals surface area contributed by atoms with Gasteiger partial charge in [-0.2, -0.15) is 0 Å². The van der Waals surface area contributed by atoms with Gasteiger partial charge >= 0.3 is 0 Å². The third-order valence-electron chi connectivity index (χ3n) is 13.0. The average Bonchev–Trinajstić information content (AvgIpc) is 3.68. The summed E-state index contributed by atoms with van der Waals surface area (Å²) < 4.78 is 0. The Morgan fingerprint density at radius 1 is 0.355 bits per heavy atom. The first-order valence-electron chi connectivity index (χ1n) is 21.6. The summed E-state index contributed by atoms with van der Waals surface area (Å²) in [6.07, 6.45) is 9.12. The van der Waals surface area contributed by atoms with Crippen LogP contribution in [0.5, 0.6) is 0 Å². The molecule has 10 aromatic rings. The maximum atomic E-state index is 2.52. The van der Waals surface area contributed by atoms with E-state index in [1.807, 2.05) is 0 Å². The number of benzene rings is 10. The summed E-state index contributed by atoms with van der Waals surface area (Å²) in [6, 6.07) is 80.3. The Kier molecular flexibility index (Phi) is 8.67. The van der Waals surface area contributed by atoms with Crippen LogP contribution in [0.4, 0.5) is 28.4 Å². The second-order valence-corrected chi connectivity index (χ2v) is 16.5. The van der Waals surface area contributed by atoms with Crippen LogP contribution in [-0.2, 0) is 0 Å². The smallest absolute Gasteiger partial charge is 0.0629 e. The van der Waals surface area contributed by atoms with Crippen molar-refractivity contribution in [3.63, 3.8) is 0 Å². The van der Waals surface area contributed by atoms with Gasteiger partial charge in [0.15, 0.2) is 0 Å². The fourth-order valence-corrected chi connectivity index (χ4v) is 9.93. The molecule has 1 aliphatic carbocycles. The van der Waals surface area contributed by atoms with Gasteiger partial charge in [0.2, 0.25) is 0 Å². The molecule has 1 heterocycles. The second-order valence-electron chi connectivity index (χ2n) is 16.5. The number of rotatable bonds is 7. The lowest BCUT2D eigenvalue weighted by Crippen LogP contribution is -2.28. The predicted molar refractivity (Wildman–Crippen MR) is 263 cm³/mol. The van der Waals surface area contributed by atoms with E-state index in [4.69, 9.17) is 0 Å². The first-order valence-corrected chi connectivity index (χ1v) is 21.6. The van der Waals surface area contributed by atoms with Crippen molar-refractivity contribution in [2.75, 3.05) is 9.80 Å². The van der Waals surface area contributed by atoms with E-state index in [1.54, 1.807) is 0 Å². The number of nitrogens with zero attached hydrogens (tertiary/aromatic N) is 2. The molecule has 0 spiro atoms. The second kappa shape index (κ2) is 15.0. The Hall–Kier alpha value is -7.94. The highest BCUT2D eigenvalue weighted by Crippen LogP contribution is 2.49. The van der Waals surface area contributed by atoms with E-state index in [0.717, 1.165) is 17.1 Å². The maximum Gasteiger partial charge on any atom is 0.0629 e. The van der Waals surface area contributed by atoms with E-state index < -0.39 is 0 Å². The molecule has 1 aliphatic heterocycles. The SMILES string of the molecule is C1=CC2c3cc(-c4ccc(N(c5ccc(-c6cccc7ccccc67)cc5)c5ccc(-c6cccc7ccccc67)cc5)cc4)ccc3N(c3ccc4ccccc4c3)C2C=C1. The summed E-state index contributed by atoms with van der Waals surface area (Å²) in [5, 5.41) is 7.55. The Morgan fingerprint density at radius 2 is 0.855 bits per heavy atom. The zero-order valence-corrected chi connectivity index (χ0v) is 34.1. The minimum Gasteiger partial charge on any atom is -0.333 e. The van der Waals surface area contributed by atoms with Gasteiger partial charge in [0.05, 0.1) is 6.04 Å². The molecule has 62 heavy (non-hydrogen) atoms. The summed E-state index contributed by atoms with van der Waals surface area (Å²) in [6.45, 7) is 0. The van der Waals surface area contributed by atoms with Gasteiger partial charge in [-0.15, -0.1) is 0 Å². The van der Waals surface area contributed by atoms with Gasteiger partial charge < -0.3 is 9.80 Å². The standard InChI is InChI=1S/C60H42N2/c1-2-14-47-39-52(37-25-41(47)11-1)62-59-22-8-7-19-57(59)58-40-48(30-38-60(58)62)42-23-31-49(32-24-42)61(50-33-26-45(27-34-50)55-20-9-15-43-12-3-5-17-53(43)55)51-35-28-46(29-36-51)56-21-10-16-44-13-4-6-18-54(44)56/h1-40,57,59H. The fraction of sp³-hybridized carbons (Fsp3) is 0.0333. The van der Waals surface area contributed by atoms with E-state index in [9.17, 15) is 0 Å². The van der Waals surface area contributed by atoms with Crippen molar-refractivity contribution >= 4 is 60.8 Å². The maximum absolute atomic E-state index is 2.52. The molecule has 0 fully saturated rings. The van der Waals surface area contributed by atoms with Crippen molar-refractivity contribution in [3.05, 3.63) is 248 Å². The molecule has 12 rings (SSSR count). The Balaban J connectivity index is 0.910. The molecule has 0 radical (unpaired) electrons. The summed E-state index contributed by atoms with van der Waals surface area (Å²) in [7, 11) is 0. The quantitative estimate of drug-likeness (QED) is 0.159. The zero-order valence-electron chi connectivity index (χ0n) is 34.1. The molecule has 2 atom stereocenters. The van der Waals surface area contributed by atoms with Gasteiger partial charge in [-0.1, -0.05) is 182 Å². The lowest BCUT2D eigenvalue weighted by Gasteiger charge is -2.29. The first-order chi connectivity index (χ1) is 30.7. The number of hydrogen-bond donors (Lipinski definition) is 0. The Morgan fingerprint density at radius 3 is 1.47 bits per heavy atom. The molecule has 2 heteroatoms. The van der Waals surface area contributed by atoms with Crippen molar-refractivity contribution in [1.29, 1.82) is 0 Å². The topological polar surface area (TPSA) is 6.48 Å². The fourth-order valence-electron chi connectivity index (χ4n) is 9.93. The van der Waals surface area contributed by atoms with Crippen LogP contribution in [0, 0.1) is 0 Å². The normalized spacial score (nSPS) is 15.3. The zero-order chi connectivity index (χ0) is 41.0. The summed E-state index contributed by atoms with van der Waals surface area (Å²) in [5.41, 5.74) is 14.5. The van der Waals surface area contributed by atoms with E-state index in [2.05, 4.69) is 252 Å². The molecule has 0 N–H and O–H groups in total. The summed E-state index contributed by atoms with van der Waals surface area (Å²) >= 11 is 0. The monoisotopic (exact) mass is 790 g/mol. The molecular formula is C60H42N2. The molecule has 0 saturated heterocycles. The van der Waals surface area contributed by atoms with Crippen LogP contribution in [0.1, 0.15) is 11.5 Å². The third-order valence-corrected chi connectivity index (χ3v) is 13.0. The minimum atomic E-state index is 0.237. The number of anilines is 5. The van der Waals surface area contributed by atoms with Crippen molar-refractivity contribution in [3.8, 4) is 33.4 Å². The largest absolute Gasteiger partial charge is 0.333 e. The highest BCUT2D eigenvalue weighted by Gasteiger charge is 2.37. The van der Waals surface area contributed by atoms with Crippen LogP contribution < -0.4 is 9.80 Å². The lowest BCUT2D eigenvalue weighted by molar-refractivity contribution is 0.745. The van der Waals surface area contributed by atoms with Gasteiger partial charge in [0.1, 0.15) is 0 Å². The number of hydrogen-bond acceptors (Lipinski definition) is 2. The molecule has 2 aliphatic rings. The van der Waals surface area contributed by atoms with Crippen molar-refractivity contribution in [2.45, 2.75) is 12.0 Å². The molecule has 0 bridgehead atoms. The molecule has 10 aromatic carbocycles. The minimum absolute atomic E-state index is 0.237. The van der Waals surface area contributed by atoms with Gasteiger partial charge in [0.25, 0.3) is 0 Å². The van der Waals surface area contributed by atoms with Gasteiger partial charge in [-0.3, -0.25) is 0 Å². The number of allylic oxidation sites excluding steroid dienone is 2. The van der Waals surface area contributed by atoms with Crippen molar-refractivity contribution < 1.29 is 0 Å². The van der Waals surface area contributed by atoms with Crippen LogP contribution in [0.25, 0.3) is 65.7 Å². The molecule has 0 aromatic heterocycles. The van der Waals surface area contributed by atoms with Crippen LogP contribution in [0.15, 0.2) is 243 Å². The lowest BCUT2D eigenvalue weighted by atomic mass is 9.89.